The zero-order valence-corrected chi connectivity index (χ0v) is 19.6. The van der Waals surface area contributed by atoms with Gasteiger partial charge in [-0.15, -0.1) is 15.6 Å². The first kappa shape index (κ1) is 30.1. The Morgan fingerprint density at radius 3 is 1.72 bits per heavy atom. The first-order valence-electron chi connectivity index (χ1n) is 12.0. The number of allylic oxidation sites excluding steroid dienone is 2. The van der Waals surface area contributed by atoms with Gasteiger partial charge in [0.25, 0.3) is 0 Å². The van der Waals surface area contributed by atoms with Crippen LogP contribution >= 0.6 is 0 Å². The van der Waals surface area contributed by atoms with Crippen molar-refractivity contribution >= 4 is 5.97 Å². The van der Waals surface area contributed by atoms with E-state index in [0.29, 0.717) is 6.42 Å². The lowest BCUT2D eigenvalue weighted by molar-refractivity contribution is -1.37. The number of rotatable bonds is 17. The summed E-state index contributed by atoms with van der Waals surface area (Å²) >= 11 is 0. The molecule has 0 aliphatic heterocycles. The second kappa shape index (κ2) is 19.7. The molecule has 184 valence electrons. The topological polar surface area (TPSA) is 121 Å². The average molecular weight is 454 g/mol. The molecule has 4 N–H and O–H groups in total. The predicted molar refractivity (Wildman–Crippen MR) is 123 cm³/mol. The highest BCUT2D eigenvalue weighted by molar-refractivity contribution is 5.90. The standard InChI is InChI=1S/C18H38NO3.C7H6O3/c1-2-3-4-5-6-7-8-9-10-11-12-13-14-15-16-17-18-19(20,21)22;8-6-4-2-1-3-5(6)7(9)10/h9-10,20-22H,2-8,11-18H2,1H3;1-4,8H,(H,9,10)/q+1;/p-1/b10-9-;. The normalized spacial score (nSPS) is 11.4. The minimum absolute atomic E-state index is 0.0127. The molecule has 0 saturated heterocycles. The third-order valence-corrected chi connectivity index (χ3v) is 5.09. The lowest BCUT2D eigenvalue weighted by Gasteiger charge is -2.10. The van der Waals surface area contributed by atoms with Gasteiger partial charge in [-0.1, -0.05) is 94.4 Å². The number of hydrogen-bond acceptors (Lipinski definition) is 5. The van der Waals surface area contributed by atoms with E-state index < -0.39 is 16.7 Å². The Kier molecular flexibility index (Phi) is 18.5. The van der Waals surface area contributed by atoms with Gasteiger partial charge in [0.2, 0.25) is 0 Å². The quantitative estimate of drug-likeness (QED) is 0.0928. The molecule has 0 amide bonds. The zero-order chi connectivity index (χ0) is 24.1. The smallest absolute Gasteiger partial charge is 0.335 e. The van der Waals surface area contributed by atoms with E-state index in [1.165, 1.54) is 94.9 Å². The van der Waals surface area contributed by atoms with Crippen molar-refractivity contribution in [2.75, 3.05) is 6.54 Å². The van der Waals surface area contributed by atoms with Crippen molar-refractivity contribution in [2.45, 2.75) is 96.8 Å². The highest BCUT2D eigenvalue weighted by Gasteiger charge is 2.16. The van der Waals surface area contributed by atoms with Gasteiger partial charge in [0.05, 0.1) is 10.5 Å². The van der Waals surface area contributed by atoms with Gasteiger partial charge in [-0.05, 0) is 38.2 Å². The zero-order valence-electron chi connectivity index (χ0n) is 19.6. The summed E-state index contributed by atoms with van der Waals surface area (Å²) in [7, 11) is 0. The highest BCUT2D eigenvalue weighted by Crippen LogP contribution is 2.11. The largest absolute Gasteiger partial charge is 0.872 e. The number of hydroxylamine groups is 3. The second-order valence-electron chi connectivity index (χ2n) is 8.16. The molecule has 1 aromatic carbocycles. The molecule has 0 heterocycles. The number of carboxylic acids is 1. The molecule has 0 radical (unpaired) electrons. The number of nitrogens with zero attached hydrogens (tertiary/aromatic N) is 1. The number of para-hydroxylation sites is 1. The van der Waals surface area contributed by atoms with Crippen molar-refractivity contribution in [3.05, 3.63) is 42.0 Å². The first-order chi connectivity index (χ1) is 15.3. The molecule has 0 bridgehead atoms. The fourth-order valence-electron chi connectivity index (χ4n) is 3.21. The SMILES string of the molecule is CCCCCCCC/C=C\CCCCCCCC[N+](O)(O)O.O=C(O)c1ccccc1[O-]. The number of carbonyl (C=O) groups is 1. The minimum atomic E-state index is -1.89. The van der Waals surface area contributed by atoms with E-state index in [1.807, 2.05) is 0 Å². The predicted octanol–water partition coefficient (Wildman–Crippen LogP) is 6.47. The Balaban J connectivity index is 0.000000792. The average Bonchev–Trinajstić information content (AvgIpc) is 2.73. The van der Waals surface area contributed by atoms with Gasteiger partial charge in [-0.25, -0.2) is 4.79 Å². The lowest BCUT2D eigenvalue weighted by Crippen LogP contribution is -2.37. The van der Waals surface area contributed by atoms with E-state index in [-0.39, 0.29) is 12.1 Å². The summed E-state index contributed by atoms with van der Waals surface area (Å²) in [4.78, 5) is 8.34. The molecule has 0 saturated carbocycles. The number of benzene rings is 1. The van der Waals surface area contributed by atoms with Crippen LogP contribution in [0.1, 0.15) is 107 Å². The van der Waals surface area contributed by atoms with Gasteiger partial charge in [0.1, 0.15) is 0 Å². The number of carboxylic acid groups (broad SMARTS) is 1. The summed E-state index contributed by atoms with van der Waals surface area (Å²) in [5.41, 5.74) is -0.178. The molecule has 0 fully saturated rings. The number of quaternary nitrogens is 1. The van der Waals surface area contributed by atoms with Crippen LogP contribution in [0.5, 0.6) is 5.75 Å². The summed E-state index contributed by atoms with van der Waals surface area (Å²) < 4.78 is 0. The van der Waals surface area contributed by atoms with Gasteiger partial charge in [-0.2, -0.15) is 0 Å². The Hall–Kier alpha value is -1.93. The van der Waals surface area contributed by atoms with E-state index in [4.69, 9.17) is 20.7 Å². The second-order valence-corrected chi connectivity index (χ2v) is 8.16. The van der Waals surface area contributed by atoms with Gasteiger partial charge >= 0.3 is 5.97 Å². The lowest BCUT2D eigenvalue weighted by atomic mass is 10.1. The molecule has 7 heteroatoms. The minimum Gasteiger partial charge on any atom is -0.872 e. The monoisotopic (exact) mass is 453 g/mol. The van der Waals surface area contributed by atoms with Crippen molar-refractivity contribution in [1.82, 2.24) is 0 Å². The van der Waals surface area contributed by atoms with Crippen LogP contribution in [0.3, 0.4) is 0 Å². The van der Waals surface area contributed by atoms with Crippen LogP contribution in [-0.4, -0.2) is 38.2 Å². The van der Waals surface area contributed by atoms with E-state index in [9.17, 15) is 9.90 Å². The van der Waals surface area contributed by atoms with Crippen LogP contribution in [0.2, 0.25) is 0 Å². The van der Waals surface area contributed by atoms with Crippen molar-refractivity contribution in [3.8, 4) is 5.75 Å². The summed E-state index contributed by atoms with van der Waals surface area (Å²) in [6, 6.07) is 5.54. The van der Waals surface area contributed by atoms with E-state index >= 15 is 0 Å². The summed E-state index contributed by atoms with van der Waals surface area (Å²) in [5, 5.41) is 45.1. The Morgan fingerprint density at radius 2 is 1.28 bits per heavy atom. The molecular formula is C25H43NO6. The summed E-state index contributed by atoms with van der Waals surface area (Å²) in [5.74, 6) is -1.62. The molecule has 0 unspecified atom stereocenters. The number of aromatic carboxylic acids is 1. The van der Waals surface area contributed by atoms with Gasteiger partial charge < -0.3 is 10.2 Å². The third kappa shape index (κ3) is 20.0. The van der Waals surface area contributed by atoms with Crippen LogP contribution in [0.4, 0.5) is 0 Å². The molecule has 32 heavy (non-hydrogen) atoms. The maximum Gasteiger partial charge on any atom is 0.335 e. The Labute approximate surface area is 193 Å². The van der Waals surface area contributed by atoms with Crippen LogP contribution in [0, 0.1) is 0 Å². The fourth-order valence-corrected chi connectivity index (χ4v) is 3.21. The van der Waals surface area contributed by atoms with Crippen LogP contribution in [0.25, 0.3) is 0 Å². The molecule has 0 spiro atoms. The van der Waals surface area contributed by atoms with Gasteiger partial charge in [0.15, 0.2) is 6.54 Å². The molecule has 1 rings (SSSR count). The Morgan fingerprint density at radius 1 is 0.812 bits per heavy atom. The third-order valence-electron chi connectivity index (χ3n) is 5.09. The van der Waals surface area contributed by atoms with Gasteiger partial charge in [-0.3, -0.25) is 0 Å². The van der Waals surface area contributed by atoms with Gasteiger partial charge in [0, 0.05) is 6.42 Å². The first-order valence-corrected chi connectivity index (χ1v) is 12.0. The van der Waals surface area contributed by atoms with Crippen molar-refractivity contribution in [3.63, 3.8) is 0 Å². The molecule has 0 aromatic heterocycles. The number of hydrogen-bond donors (Lipinski definition) is 4. The van der Waals surface area contributed by atoms with Crippen molar-refractivity contribution in [1.29, 1.82) is 0 Å². The molecule has 0 aliphatic carbocycles. The van der Waals surface area contributed by atoms with E-state index in [1.54, 1.807) is 0 Å². The summed E-state index contributed by atoms with van der Waals surface area (Å²) in [6.07, 6.45) is 21.6. The van der Waals surface area contributed by atoms with Crippen molar-refractivity contribution in [2.24, 2.45) is 0 Å². The molecule has 0 aliphatic rings. The molecule has 0 atom stereocenters. The van der Waals surface area contributed by atoms with Crippen LogP contribution < -0.4 is 5.11 Å². The maximum atomic E-state index is 10.7. The highest BCUT2D eigenvalue weighted by atomic mass is 17.1. The van der Waals surface area contributed by atoms with Crippen molar-refractivity contribution < 1.29 is 35.6 Å². The summed E-state index contributed by atoms with van der Waals surface area (Å²) in [6.45, 7) is 2.24. The van der Waals surface area contributed by atoms with E-state index in [0.717, 1.165) is 12.8 Å². The van der Waals surface area contributed by atoms with Crippen LogP contribution in [0.15, 0.2) is 36.4 Å². The van der Waals surface area contributed by atoms with Crippen LogP contribution in [-0.2, 0) is 0 Å². The Bertz CT molecular complexity index is 613. The molecule has 1 aromatic rings. The van der Waals surface area contributed by atoms with E-state index in [2.05, 4.69) is 19.1 Å². The molecule has 7 nitrogen and oxygen atoms in total. The fraction of sp³-hybridized carbons (Fsp3) is 0.640. The maximum absolute atomic E-state index is 10.7. The number of unbranched alkanes of at least 4 members (excludes halogenated alkanes) is 12. The molecular weight excluding hydrogens is 410 g/mol.